The van der Waals surface area contributed by atoms with Crippen molar-refractivity contribution in [3.05, 3.63) is 102 Å². The Labute approximate surface area is 229 Å². The third-order valence-corrected chi connectivity index (χ3v) is 7.48. The Morgan fingerprint density at radius 3 is 2.75 bits per heavy atom. The van der Waals surface area contributed by atoms with E-state index in [4.69, 9.17) is 10.2 Å². The number of sulfone groups is 1. The molecule has 202 valence electrons. The Morgan fingerprint density at radius 2 is 1.93 bits per heavy atom. The lowest BCUT2D eigenvalue weighted by atomic mass is 10.1. The van der Waals surface area contributed by atoms with E-state index >= 15 is 0 Å². The molecule has 1 unspecified atom stereocenters. The summed E-state index contributed by atoms with van der Waals surface area (Å²) in [5.74, 6) is 1.09. The van der Waals surface area contributed by atoms with Gasteiger partial charge in [0.1, 0.15) is 39.3 Å². The molecule has 6 aromatic rings. The summed E-state index contributed by atoms with van der Waals surface area (Å²) < 4.78 is 44.6. The summed E-state index contributed by atoms with van der Waals surface area (Å²) in [5, 5.41) is 9.57. The zero-order valence-electron chi connectivity index (χ0n) is 21.5. The maximum Gasteiger partial charge on any atom is 0.149 e. The van der Waals surface area contributed by atoms with Gasteiger partial charge in [-0.25, -0.2) is 22.8 Å². The van der Waals surface area contributed by atoms with Gasteiger partial charge in [-0.15, -0.1) is 0 Å². The van der Waals surface area contributed by atoms with Gasteiger partial charge < -0.3 is 15.5 Å². The molecule has 3 aromatic heterocycles. The molecule has 3 N–H and O–H groups in total. The van der Waals surface area contributed by atoms with Crippen LogP contribution in [0.4, 0.5) is 15.9 Å². The lowest BCUT2D eigenvalue weighted by Gasteiger charge is -2.10. The lowest BCUT2D eigenvalue weighted by molar-refractivity contribution is 0.488. The molecule has 3 aromatic carbocycles. The minimum atomic E-state index is -3.25. The first kappa shape index (κ1) is 25.7. The van der Waals surface area contributed by atoms with Crippen molar-refractivity contribution < 1.29 is 17.2 Å². The topological polar surface area (TPSA) is 129 Å². The number of nitrogens with zero attached hydrogens (tertiary/aromatic N) is 4. The number of fused-ring (bicyclic) bond motifs is 2. The number of anilines is 2. The van der Waals surface area contributed by atoms with Crippen LogP contribution in [0, 0.1) is 5.82 Å². The molecule has 1 atom stereocenters. The molecule has 0 aliphatic rings. The number of furan rings is 1. The van der Waals surface area contributed by atoms with Crippen LogP contribution in [0.2, 0.25) is 0 Å². The summed E-state index contributed by atoms with van der Waals surface area (Å²) in [5.41, 5.74) is 10.1. The van der Waals surface area contributed by atoms with E-state index in [0.29, 0.717) is 23.9 Å². The zero-order chi connectivity index (χ0) is 27.9. The molecule has 3 heterocycles. The van der Waals surface area contributed by atoms with Crippen molar-refractivity contribution in [2.24, 2.45) is 5.73 Å². The van der Waals surface area contributed by atoms with Crippen LogP contribution < -0.4 is 11.1 Å². The normalized spacial score (nSPS) is 12.7. The van der Waals surface area contributed by atoms with Crippen LogP contribution in [0.15, 0.2) is 89.7 Å². The molecule has 40 heavy (non-hydrogen) atoms. The third-order valence-electron chi connectivity index (χ3n) is 6.52. The minimum absolute atomic E-state index is 0.201. The van der Waals surface area contributed by atoms with Crippen molar-refractivity contribution in [3.63, 3.8) is 0 Å². The highest BCUT2D eigenvalue weighted by Gasteiger charge is 2.18. The van der Waals surface area contributed by atoms with E-state index in [-0.39, 0.29) is 11.6 Å². The quantitative estimate of drug-likeness (QED) is 0.261. The van der Waals surface area contributed by atoms with Crippen LogP contribution >= 0.6 is 0 Å². The molecule has 0 aliphatic carbocycles. The molecule has 11 heteroatoms. The summed E-state index contributed by atoms with van der Waals surface area (Å²) >= 11 is 0. The maximum absolute atomic E-state index is 13.6. The number of benzene rings is 3. The van der Waals surface area contributed by atoms with Crippen molar-refractivity contribution in [1.29, 1.82) is 0 Å². The van der Waals surface area contributed by atoms with Crippen molar-refractivity contribution in [3.8, 4) is 11.3 Å². The Balaban J connectivity index is 1.27. The van der Waals surface area contributed by atoms with Crippen LogP contribution in [0.5, 0.6) is 0 Å². The van der Waals surface area contributed by atoms with E-state index in [1.165, 1.54) is 18.5 Å². The summed E-state index contributed by atoms with van der Waals surface area (Å²) in [6, 6.07) is 20.7. The monoisotopic (exact) mass is 556 g/mol. The average molecular weight is 557 g/mol. The molecule has 0 fully saturated rings. The van der Waals surface area contributed by atoms with Gasteiger partial charge in [0.15, 0.2) is 0 Å². The van der Waals surface area contributed by atoms with Crippen molar-refractivity contribution in [2.75, 3.05) is 17.3 Å². The highest BCUT2D eigenvalue weighted by Crippen LogP contribution is 2.31. The average Bonchev–Trinajstić information content (AvgIpc) is 3.56. The van der Waals surface area contributed by atoms with E-state index < -0.39 is 15.9 Å². The molecule has 9 nitrogen and oxygen atoms in total. The van der Waals surface area contributed by atoms with Crippen molar-refractivity contribution in [2.45, 2.75) is 12.6 Å². The number of nitrogens with one attached hydrogen (secondary N) is 1. The second-order valence-electron chi connectivity index (χ2n) is 9.69. The molecular weight excluding hydrogens is 531 g/mol. The summed E-state index contributed by atoms with van der Waals surface area (Å²) in [6.45, 7) is 0.459. The first-order valence-electron chi connectivity index (χ1n) is 12.5. The van der Waals surface area contributed by atoms with Gasteiger partial charge in [0.05, 0.1) is 35.6 Å². The van der Waals surface area contributed by atoms with Crippen LogP contribution in [-0.2, 0) is 16.4 Å². The van der Waals surface area contributed by atoms with E-state index in [0.717, 1.165) is 44.9 Å². The highest BCUT2D eigenvalue weighted by atomic mass is 32.2. The fourth-order valence-corrected chi connectivity index (χ4v) is 5.48. The van der Waals surface area contributed by atoms with E-state index in [1.54, 1.807) is 24.4 Å². The molecule has 0 aliphatic heterocycles. The van der Waals surface area contributed by atoms with Gasteiger partial charge in [0, 0.05) is 28.3 Å². The minimum Gasteiger partial charge on any atom is -0.459 e. The predicted molar refractivity (Wildman–Crippen MR) is 152 cm³/mol. The Hall–Kier alpha value is -4.61. The van der Waals surface area contributed by atoms with Gasteiger partial charge in [-0.1, -0.05) is 12.1 Å². The largest absolute Gasteiger partial charge is 0.459 e. The molecule has 0 bridgehead atoms. The number of nitrogens with two attached hydrogens (primary N) is 1. The molecule has 0 saturated carbocycles. The maximum atomic E-state index is 13.6. The molecular formula is C29H25FN6O3S. The molecule has 0 radical (unpaired) electrons. The Bertz CT molecular complexity index is 1970. The summed E-state index contributed by atoms with van der Waals surface area (Å²) in [4.78, 5) is 8.85. The lowest BCUT2D eigenvalue weighted by Crippen LogP contribution is -2.20. The van der Waals surface area contributed by atoms with E-state index in [1.807, 2.05) is 47.1 Å². The van der Waals surface area contributed by atoms with E-state index in [9.17, 15) is 12.8 Å². The summed E-state index contributed by atoms with van der Waals surface area (Å²) in [7, 11) is -3.25. The van der Waals surface area contributed by atoms with Crippen LogP contribution in [-0.4, -0.2) is 40.2 Å². The second-order valence-corrected chi connectivity index (χ2v) is 11.9. The molecule has 0 amide bonds. The van der Waals surface area contributed by atoms with Crippen LogP contribution in [0.25, 0.3) is 33.1 Å². The molecule has 6 rings (SSSR count). The van der Waals surface area contributed by atoms with E-state index in [2.05, 4.69) is 20.4 Å². The smallest absolute Gasteiger partial charge is 0.149 e. The van der Waals surface area contributed by atoms with Gasteiger partial charge in [-0.2, -0.15) is 5.10 Å². The molecule has 0 spiro atoms. The second kappa shape index (κ2) is 10.2. The number of halogens is 1. The van der Waals surface area contributed by atoms with Gasteiger partial charge in [0.2, 0.25) is 0 Å². The fourth-order valence-electron chi connectivity index (χ4n) is 4.66. The van der Waals surface area contributed by atoms with Gasteiger partial charge in [0.25, 0.3) is 0 Å². The van der Waals surface area contributed by atoms with Crippen LogP contribution in [0.1, 0.15) is 17.4 Å². The third kappa shape index (κ3) is 5.42. The van der Waals surface area contributed by atoms with Crippen LogP contribution in [0.3, 0.4) is 0 Å². The predicted octanol–water partition coefficient (Wildman–Crippen LogP) is 5.21. The van der Waals surface area contributed by atoms with Gasteiger partial charge in [-0.3, -0.25) is 4.68 Å². The standard InChI is InChI=1S/C29H25FN6O3S/c1-40(37,38)16-24(31)28-10-9-27(39-28)19-5-7-25-23(13-19)29(33-17-32-25)35-22-6-8-26-20(12-22)14-34-36(26)15-18-3-2-4-21(30)11-18/h2-14,17,24H,15-16,31H2,1H3,(H,32,33,35). The Morgan fingerprint density at radius 1 is 1.05 bits per heavy atom. The van der Waals surface area contributed by atoms with Gasteiger partial charge in [-0.05, 0) is 66.2 Å². The number of aromatic nitrogens is 4. The van der Waals surface area contributed by atoms with Gasteiger partial charge >= 0.3 is 0 Å². The number of rotatable bonds is 8. The van der Waals surface area contributed by atoms with Crippen molar-refractivity contribution in [1.82, 2.24) is 19.7 Å². The fraction of sp³-hybridized carbons (Fsp3) is 0.138. The molecule has 0 saturated heterocycles. The first-order chi connectivity index (χ1) is 19.2. The zero-order valence-corrected chi connectivity index (χ0v) is 22.3. The SMILES string of the molecule is CS(=O)(=O)CC(N)c1ccc(-c2ccc3ncnc(Nc4ccc5c(cnn5Cc5cccc(F)c5)c4)c3c2)o1. The van der Waals surface area contributed by atoms with Crippen molar-refractivity contribution >= 4 is 43.1 Å². The first-order valence-corrected chi connectivity index (χ1v) is 14.5. The summed E-state index contributed by atoms with van der Waals surface area (Å²) in [6.07, 6.45) is 4.42. The Kier molecular flexibility index (Phi) is 6.53. The number of hydrogen-bond acceptors (Lipinski definition) is 8. The highest BCUT2D eigenvalue weighted by molar-refractivity contribution is 7.90. The number of hydrogen-bond donors (Lipinski definition) is 2.